The van der Waals surface area contributed by atoms with E-state index in [2.05, 4.69) is 0 Å². The maximum atomic E-state index is 10.7. The summed E-state index contributed by atoms with van der Waals surface area (Å²) in [6.07, 6.45) is 0.351. The fourth-order valence-electron chi connectivity index (χ4n) is 0.810. The quantitative estimate of drug-likeness (QED) is 0.377. The molecule has 0 aliphatic carbocycles. The van der Waals surface area contributed by atoms with Gasteiger partial charge in [0.25, 0.3) is 10.0 Å². The predicted octanol–water partition coefficient (Wildman–Crippen LogP) is -0.786. The monoisotopic (exact) mass is 166 g/mol. The van der Waals surface area contributed by atoms with Gasteiger partial charge in [0, 0.05) is 0 Å². The first-order valence-electron chi connectivity index (χ1n) is 2.69. The van der Waals surface area contributed by atoms with Gasteiger partial charge in [-0.05, 0) is 10.8 Å². The minimum atomic E-state index is -3.55. The van der Waals surface area contributed by atoms with Gasteiger partial charge in [-0.25, -0.2) is 18.5 Å². The Morgan fingerprint density at radius 3 is 2.30 bits per heavy atom. The van der Waals surface area contributed by atoms with E-state index in [1.807, 2.05) is 0 Å². The molecule has 0 spiro atoms. The number of sulfonamides is 1. The second-order valence-corrected chi connectivity index (χ2v) is 3.95. The predicted molar refractivity (Wildman–Crippen MR) is 32.1 cm³/mol. The highest BCUT2D eigenvalue weighted by molar-refractivity contribution is 7.89. The van der Waals surface area contributed by atoms with E-state index < -0.39 is 15.1 Å². The maximum Gasteiger partial charge on any atom is 0.284 e. The standard InChI is InChI=1S/C3H6N2O4S/c6-5(7)4-2-1-3-10(4,8)9/h1-3H2. The van der Waals surface area contributed by atoms with Crippen molar-refractivity contribution in [1.82, 2.24) is 4.41 Å². The van der Waals surface area contributed by atoms with Gasteiger partial charge >= 0.3 is 0 Å². The van der Waals surface area contributed by atoms with Crippen molar-refractivity contribution in [2.24, 2.45) is 0 Å². The van der Waals surface area contributed by atoms with Crippen molar-refractivity contribution >= 4 is 10.0 Å². The Labute approximate surface area is 57.6 Å². The third kappa shape index (κ3) is 1.04. The normalized spacial score (nSPS) is 23.0. The molecule has 1 aliphatic heterocycles. The Hall–Kier alpha value is -0.850. The fraction of sp³-hybridized carbons (Fsp3) is 1.00. The topological polar surface area (TPSA) is 80.5 Å². The summed E-state index contributed by atoms with van der Waals surface area (Å²) in [6.45, 7) is 0.00926. The van der Waals surface area contributed by atoms with Crippen molar-refractivity contribution in [3.05, 3.63) is 10.1 Å². The molecule has 6 nitrogen and oxygen atoms in total. The van der Waals surface area contributed by atoms with Crippen LogP contribution in [-0.4, -0.2) is 30.2 Å². The Morgan fingerprint density at radius 1 is 1.50 bits per heavy atom. The van der Waals surface area contributed by atoms with E-state index in [1.54, 1.807) is 0 Å². The van der Waals surface area contributed by atoms with Gasteiger partial charge in [0.15, 0.2) is 5.03 Å². The highest BCUT2D eigenvalue weighted by Crippen LogP contribution is 2.11. The first-order valence-corrected chi connectivity index (χ1v) is 4.30. The lowest BCUT2D eigenvalue weighted by atomic mass is 10.5. The summed E-state index contributed by atoms with van der Waals surface area (Å²) in [5.74, 6) is -0.103. The summed E-state index contributed by atoms with van der Waals surface area (Å²) in [7, 11) is -3.55. The van der Waals surface area contributed by atoms with E-state index in [0.717, 1.165) is 0 Å². The fourth-order valence-corrected chi connectivity index (χ4v) is 2.12. The largest absolute Gasteiger partial charge is 0.284 e. The number of nitrogens with zero attached hydrogens (tertiary/aromatic N) is 2. The van der Waals surface area contributed by atoms with Crippen LogP contribution >= 0.6 is 0 Å². The average Bonchev–Trinajstić information content (AvgIpc) is 2.08. The highest BCUT2D eigenvalue weighted by Gasteiger charge is 2.35. The molecule has 0 saturated carbocycles. The van der Waals surface area contributed by atoms with E-state index in [-0.39, 0.29) is 16.7 Å². The first kappa shape index (κ1) is 7.26. The Balaban J connectivity index is 2.90. The molecule has 0 amide bonds. The van der Waals surface area contributed by atoms with E-state index in [0.29, 0.717) is 6.42 Å². The van der Waals surface area contributed by atoms with Crippen LogP contribution in [0.3, 0.4) is 0 Å². The van der Waals surface area contributed by atoms with E-state index in [9.17, 15) is 18.5 Å². The number of hydrogen-bond acceptors (Lipinski definition) is 4. The lowest BCUT2D eigenvalue weighted by Gasteiger charge is -2.02. The molecule has 0 aromatic heterocycles. The molecular weight excluding hydrogens is 160 g/mol. The zero-order chi connectivity index (χ0) is 7.78. The second-order valence-electron chi connectivity index (χ2n) is 1.95. The highest BCUT2D eigenvalue weighted by atomic mass is 32.2. The molecule has 10 heavy (non-hydrogen) atoms. The SMILES string of the molecule is O=[N+]([O-])N1CCCS1(=O)=O. The Kier molecular flexibility index (Phi) is 1.51. The molecule has 1 rings (SSSR count). The number of hydrogen-bond donors (Lipinski definition) is 0. The Morgan fingerprint density at radius 2 is 2.10 bits per heavy atom. The van der Waals surface area contributed by atoms with Gasteiger partial charge in [0.05, 0.1) is 12.3 Å². The van der Waals surface area contributed by atoms with Gasteiger partial charge in [0.2, 0.25) is 0 Å². The zero-order valence-electron chi connectivity index (χ0n) is 5.06. The van der Waals surface area contributed by atoms with Crippen LogP contribution in [-0.2, 0) is 10.0 Å². The molecule has 1 fully saturated rings. The lowest BCUT2D eigenvalue weighted by Crippen LogP contribution is -2.31. The van der Waals surface area contributed by atoms with E-state index in [1.165, 1.54) is 0 Å². The molecule has 0 radical (unpaired) electrons. The number of rotatable bonds is 1. The van der Waals surface area contributed by atoms with Gasteiger partial charge in [-0.2, -0.15) is 0 Å². The molecule has 0 atom stereocenters. The summed E-state index contributed by atoms with van der Waals surface area (Å²) in [5, 5.41) is 9.08. The van der Waals surface area contributed by atoms with Crippen LogP contribution in [0.25, 0.3) is 0 Å². The molecule has 1 heterocycles. The number of hydrazine groups is 1. The zero-order valence-corrected chi connectivity index (χ0v) is 5.87. The van der Waals surface area contributed by atoms with Crippen molar-refractivity contribution in [3.8, 4) is 0 Å². The van der Waals surface area contributed by atoms with E-state index in [4.69, 9.17) is 0 Å². The maximum absolute atomic E-state index is 10.7. The van der Waals surface area contributed by atoms with Crippen LogP contribution in [0.5, 0.6) is 0 Å². The van der Waals surface area contributed by atoms with Gasteiger partial charge in [-0.3, -0.25) is 0 Å². The van der Waals surface area contributed by atoms with Crippen LogP contribution in [0, 0.1) is 10.1 Å². The smallest absolute Gasteiger partial charge is 0.234 e. The van der Waals surface area contributed by atoms with Crippen molar-refractivity contribution in [3.63, 3.8) is 0 Å². The van der Waals surface area contributed by atoms with Crippen LogP contribution in [0.4, 0.5) is 0 Å². The van der Waals surface area contributed by atoms with Gasteiger partial charge in [-0.15, -0.1) is 0 Å². The molecule has 0 bridgehead atoms. The molecule has 0 aromatic rings. The summed E-state index contributed by atoms with van der Waals surface area (Å²) in [5.41, 5.74) is 0. The van der Waals surface area contributed by atoms with Crippen molar-refractivity contribution in [2.45, 2.75) is 6.42 Å². The average molecular weight is 166 g/mol. The summed E-state index contributed by atoms with van der Waals surface area (Å²) >= 11 is 0. The lowest BCUT2D eigenvalue weighted by molar-refractivity contribution is -0.618. The molecular formula is C3H6N2O4S. The van der Waals surface area contributed by atoms with Crippen LogP contribution in [0.2, 0.25) is 0 Å². The molecule has 0 aromatic carbocycles. The molecule has 7 heteroatoms. The molecule has 1 saturated heterocycles. The van der Waals surface area contributed by atoms with Gasteiger partial charge in [-0.1, -0.05) is 0 Å². The minimum absolute atomic E-state index is 0.00926. The molecule has 0 N–H and O–H groups in total. The van der Waals surface area contributed by atoms with Crippen LogP contribution < -0.4 is 0 Å². The number of nitro groups is 1. The van der Waals surface area contributed by atoms with Crippen molar-refractivity contribution in [1.29, 1.82) is 0 Å². The minimum Gasteiger partial charge on any atom is -0.234 e. The summed E-state index contributed by atoms with van der Waals surface area (Å²) in [4.78, 5) is 9.97. The van der Waals surface area contributed by atoms with Crippen LogP contribution in [0.15, 0.2) is 0 Å². The third-order valence-corrected chi connectivity index (χ3v) is 3.02. The van der Waals surface area contributed by atoms with Crippen molar-refractivity contribution < 1.29 is 13.5 Å². The summed E-state index contributed by atoms with van der Waals surface area (Å²) in [6, 6.07) is 0. The Bertz CT molecular complexity index is 245. The molecule has 1 aliphatic rings. The third-order valence-electron chi connectivity index (χ3n) is 1.25. The van der Waals surface area contributed by atoms with Crippen molar-refractivity contribution in [2.75, 3.05) is 12.3 Å². The molecule has 58 valence electrons. The van der Waals surface area contributed by atoms with E-state index >= 15 is 0 Å². The van der Waals surface area contributed by atoms with Gasteiger partial charge in [0.1, 0.15) is 0 Å². The summed E-state index contributed by atoms with van der Waals surface area (Å²) < 4.78 is 21.7. The van der Waals surface area contributed by atoms with Crippen LogP contribution in [0.1, 0.15) is 6.42 Å². The molecule has 0 unspecified atom stereocenters. The second kappa shape index (κ2) is 2.08. The van der Waals surface area contributed by atoms with Gasteiger partial charge < -0.3 is 0 Å². The first-order chi connectivity index (χ1) is 4.54.